The van der Waals surface area contributed by atoms with Crippen LogP contribution in [0.1, 0.15) is 13.8 Å². The largest absolute Gasteiger partial charge is 0.363 e. The van der Waals surface area contributed by atoms with Gasteiger partial charge in [-0.2, -0.15) is 0 Å². The van der Waals surface area contributed by atoms with Crippen molar-refractivity contribution in [2.75, 3.05) is 23.3 Å². The first-order valence-corrected chi connectivity index (χ1v) is 8.09. The number of amides is 2. The van der Waals surface area contributed by atoms with Crippen molar-refractivity contribution in [2.45, 2.75) is 25.9 Å². The molecule has 0 spiro atoms. The van der Waals surface area contributed by atoms with Gasteiger partial charge in [-0.25, -0.2) is 4.79 Å². The summed E-state index contributed by atoms with van der Waals surface area (Å²) in [6.07, 6.45) is 0. The lowest BCUT2D eigenvalue weighted by molar-refractivity contribution is 0.189. The third kappa shape index (κ3) is 3.47. The van der Waals surface area contributed by atoms with E-state index in [0.29, 0.717) is 0 Å². The fourth-order valence-corrected chi connectivity index (χ4v) is 3.32. The zero-order valence-corrected chi connectivity index (χ0v) is 13.6. The van der Waals surface area contributed by atoms with Gasteiger partial charge in [-0.3, -0.25) is 0 Å². The minimum Gasteiger partial charge on any atom is -0.363 e. The first kappa shape index (κ1) is 15.4. The number of carbonyl (C=O) groups excluding carboxylic acids is 1. The van der Waals surface area contributed by atoms with Gasteiger partial charge in [0.15, 0.2) is 0 Å². The Morgan fingerprint density at radius 2 is 1.43 bits per heavy atom. The molecular formula is C19H23N3O. The SMILES string of the molecule is CC1CN(C(=O)Nc2ccccc2)CC(C)N1c1ccccc1. The summed E-state index contributed by atoms with van der Waals surface area (Å²) in [6, 6.07) is 20.6. The predicted molar refractivity (Wildman–Crippen MR) is 94.9 cm³/mol. The van der Waals surface area contributed by atoms with Crippen molar-refractivity contribution in [2.24, 2.45) is 0 Å². The van der Waals surface area contributed by atoms with Gasteiger partial charge in [-0.1, -0.05) is 36.4 Å². The Morgan fingerprint density at radius 1 is 0.913 bits per heavy atom. The molecule has 0 aliphatic carbocycles. The number of urea groups is 1. The molecule has 4 nitrogen and oxygen atoms in total. The van der Waals surface area contributed by atoms with Crippen LogP contribution in [-0.2, 0) is 0 Å². The van der Waals surface area contributed by atoms with Crippen molar-refractivity contribution in [3.63, 3.8) is 0 Å². The monoisotopic (exact) mass is 309 g/mol. The van der Waals surface area contributed by atoms with Crippen molar-refractivity contribution < 1.29 is 4.79 Å². The number of piperazine rings is 1. The Morgan fingerprint density at radius 3 is 2.00 bits per heavy atom. The average Bonchev–Trinajstić information content (AvgIpc) is 2.56. The first-order chi connectivity index (χ1) is 11.1. The average molecular weight is 309 g/mol. The van der Waals surface area contributed by atoms with E-state index in [4.69, 9.17) is 0 Å². The summed E-state index contributed by atoms with van der Waals surface area (Å²) in [6.45, 7) is 5.78. The molecule has 0 aromatic heterocycles. The van der Waals surface area contributed by atoms with E-state index in [0.717, 1.165) is 18.8 Å². The third-order valence-electron chi connectivity index (χ3n) is 4.29. The van der Waals surface area contributed by atoms with E-state index in [9.17, 15) is 4.79 Å². The van der Waals surface area contributed by atoms with Crippen LogP contribution in [-0.4, -0.2) is 36.1 Å². The maximum absolute atomic E-state index is 12.5. The molecule has 0 radical (unpaired) electrons. The van der Waals surface area contributed by atoms with Crippen LogP contribution < -0.4 is 10.2 Å². The molecule has 2 unspecified atom stereocenters. The predicted octanol–water partition coefficient (Wildman–Crippen LogP) is 3.82. The molecule has 0 saturated carbocycles. The molecule has 1 N–H and O–H groups in total. The number of para-hydroxylation sites is 2. The van der Waals surface area contributed by atoms with Gasteiger partial charge in [-0.15, -0.1) is 0 Å². The number of benzene rings is 2. The fourth-order valence-electron chi connectivity index (χ4n) is 3.32. The topological polar surface area (TPSA) is 35.6 Å². The van der Waals surface area contributed by atoms with Gasteiger partial charge in [0.05, 0.1) is 0 Å². The molecule has 1 aliphatic rings. The molecule has 1 fully saturated rings. The van der Waals surface area contributed by atoms with Crippen molar-refractivity contribution in [1.82, 2.24) is 4.90 Å². The zero-order valence-electron chi connectivity index (χ0n) is 13.6. The van der Waals surface area contributed by atoms with E-state index in [-0.39, 0.29) is 18.1 Å². The molecule has 1 heterocycles. The Hall–Kier alpha value is -2.49. The second-order valence-corrected chi connectivity index (χ2v) is 6.14. The number of anilines is 2. The van der Waals surface area contributed by atoms with E-state index < -0.39 is 0 Å². The summed E-state index contributed by atoms with van der Waals surface area (Å²) in [5.41, 5.74) is 2.05. The maximum atomic E-state index is 12.5. The summed E-state index contributed by atoms with van der Waals surface area (Å²) in [5, 5.41) is 2.98. The summed E-state index contributed by atoms with van der Waals surface area (Å²) in [7, 11) is 0. The maximum Gasteiger partial charge on any atom is 0.321 e. The molecular weight excluding hydrogens is 286 g/mol. The number of hydrogen-bond donors (Lipinski definition) is 1. The number of nitrogens with one attached hydrogen (secondary N) is 1. The molecule has 4 heteroatoms. The van der Waals surface area contributed by atoms with Crippen LogP contribution in [0.4, 0.5) is 16.2 Å². The highest BCUT2D eigenvalue weighted by atomic mass is 16.2. The second kappa shape index (κ2) is 6.73. The van der Waals surface area contributed by atoms with Crippen LogP contribution in [0.15, 0.2) is 60.7 Å². The number of carbonyl (C=O) groups is 1. The van der Waals surface area contributed by atoms with Crippen LogP contribution in [0, 0.1) is 0 Å². The van der Waals surface area contributed by atoms with E-state index in [1.54, 1.807) is 0 Å². The number of rotatable bonds is 2. The summed E-state index contributed by atoms with van der Waals surface area (Å²) >= 11 is 0. The Bertz CT molecular complexity index is 632. The van der Waals surface area contributed by atoms with Crippen LogP contribution in [0.2, 0.25) is 0 Å². The lowest BCUT2D eigenvalue weighted by Gasteiger charge is -2.45. The van der Waals surface area contributed by atoms with Gasteiger partial charge in [0, 0.05) is 36.5 Å². The molecule has 1 aliphatic heterocycles. The van der Waals surface area contributed by atoms with Gasteiger partial charge in [0.1, 0.15) is 0 Å². The fraction of sp³-hybridized carbons (Fsp3) is 0.316. The minimum absolute atomic E-state index is 0.0254. The van der Waals surface area contributed by atoms with Crippen molar-refractivity contribution in [1.29, 1.82) is 0 Å². The molecule has 0 bridgehead atoms. The van der Waals surface area contributed by atoms with Crippen LogP contribution in [0.5, 0.6) is 0 Å². The normalized spacial score (nSPS) is 21.1. The van der Waals surface area contributed by atoms with Crippen LogP contribution in [0.3, 0.4) is 0 Å². The molecule has 2 amide bonds. The van der Waals surface area contributed by atoms with Gasteiger partial charge < -0.3 is 15.1 Å². The highest BCUT2D eigenvalue weighted by molar-refractivity contribution is 5.89. The lowest BCUT2D eigenvalue weighted by Crippen LogP contribution is -2.59. The summed E-state index contributed by atoms with van der Waals surface area (Å²) in [4.78, 5) is 16.8. The lowest BCUT2D eigenvalue weighted by atomic mass is 10.1. The summed E-state index contributed by atoms with van der Waals surface area (Å²) < 4.78 is 0. The van der Waals surface area contributed by atoms with Gasteiger partial charge in [-0.05, 0) is 38.1 Å². The van der Waals surface area contributed by atoms with Crippen LogP contribution >= 0.6 is 0 Å². The van der Waals surface area contributed by atoms with E-state index >= 15 is 0 Å². The molecule has 2 aromatic rings. The van der Waals surface area contributed by atoms with E-state index in [1.807, 2.05) is 41.3 Å². The van der Waals surface area contributed by atoms with Crippen molar-refractivity contribution in [3.8, 4) is 0 Å². The molecule has 2 atom stereocenters. The minimum atomic E-state index is -0.0254. The third-order valence-corrected chi connectivity index (χ3v) is 4.29. The van der Waals surface area contributed by atoms with E-state index in [1.165, 1.54) is 5.69 Å². The Kier molecular flexibility index (Phi) is 4.51. The second-order valence-electron chi connectivity index (χ2n) is 6.14. The van der Waals surface area contributed by atoms with Gasteiger partial charge >= 0.3 is 6.03 Å². The molecule has 1 saturated heterocycles. The zero-order chi connectivity index (χ0) is 16.2. The number of hydrogen-bond acceptors (Lipinski definition) is 2. The highest BCUT2D eigenvalue weighted by Gasteiger charge is 2.31. The number of nitrogens with zero attached hydrogens (tertiary/aromatic N) is 2. The smallest absolute Gasteiger partial charge is 0.321 e. The van der Waals surface area contributed by atoms with Gasteiger partial charge in [0.2, 0.25) is 0 Å². The van der Waals surface area contributed by atoms with Crippen molar-refractivity contribution >= 4 is 17.4 Å². The summed E-state index contributed by atoms with van der Waals surface area (Å²) in [5.74, 6) is 0. The highest BCUT2D eigenvalue weighted by Crippen LogP contribution is 2.24. The molecule has 23 heavy (non-hydrogen) atoms. The molecule has 3 rings (SSSR count). The standard InChI is InChI=1S/C19H23N3O/c1-15-13-21(19(23)20-17-9-5-3-6-10-17)14-16(2)22(15)18-11-7-4-8-12-18/h3-12,15-16H,13-14H2,1-2H3,(H,20,23). The quantitative estimate of drug-likeness (QED) is 0.915. The Labute approximate surface area is 137 Å². The first-order valence-electron chi connectivity index (χ1n) is 8.09. The molecule has 2 aromatic carbocycles. The van der Waals surface area contributed by atoms with E-state index in [2.05, 4.69) is 48.3 Å². The van der Waals surface area contributed by atoms with Crippen LogP contribution in [0.25, 0.3) is 0 Å². The van der Waals surface area contributed by atoms with Crippen molar-refractivity contribution in [3.05, 3.63) is 60.7 Å². The Balaban J connectivity index is 1.68. The van der Waals surface area contributed by atoms with Gasteiger partial charge in [0.25, 0.3) is 0 Å². The molecule has 120 valence electrons.